The number of carbonyl (C=O) groups is 1. The summed E-state index contributed by atoms with van der Waals surface area (Å²) >= 11 is 0. The van der Waals surface area contributed by atoms with Crippen molar-refractivity contribution in [3.8, 4) is 0 Å². The number of amides is 1. The minimum atomic E-state index is -0.222. The number of fused-ring (bicyclic) bond motifs is 1. The summed E-state index contributed by atoms with van der Waals surface area (Å²) < 4.78 is 1.87. The molecule has 1 fully saturated rings. The first-order chi connectivity index (χ1) is 16.5. The normalized spacial score (nSPS) is 18.1. The molecule has 0 saturated heterocycles. The summed E-state index contributed by atoms with van der Waals surface area (Å²) in [6.07, 6.45) is 8.71. The van der Waals surface area contributed by atoms with Gasteiger partial charge < -0.3 is 20.9 Å². The zero-order valence-electron chi connectivity index (χ0n) is 20.3. The summed E-state index contributed by atoms with van der Waals surface area (Å²) in [6, 6.07) is 10.9. The lowest BCUT2D eigenvalue weighted by atomic mass is 9.90. The molecule has 3 aromatic rings. The van der Waals surface area contributed by atoms with Gasteiger partial charge in [0.25, 0.3) is 0 Å². The Morgan fingerprint density at radius 1 is 1.24 bits per heavy atom. The third-order valence-corrected chi connectivity index (χ3v) is 6.56. The van der Waals surface area contributed by atoms with Gasteiger partial charge in [0.2, 0.25) is 5.91 Å². The molecular formula is C26H35N7O. The molecule has 0 spiro atoms. The molecule has 0 unspecified atom stereocenters. The number of rotatable bonds is 9. The molecular weight excluding hydrogens is 426 g/mol. The Bertz CT molecular complexity index is 1150. The van der Waals surface area contributed by atoms with E-state index in [9.17, 15) is 4.79 Å². The topological polar surface area (TPSA) is 86.6 Å². The van der Waals surface area contributed by atoms with Crippen molar-refractivity contribution in [3.05, 3.63) is 60.3 Å². The molecule has 8 heteroatoms. The van der Waals surface area contributed by atoms with Gasteiger partial charge >= 0.3 is 0 Å². The van der Waals surface area contributed by atoms with Gasteiger partial charge in [0.15, 0.2) is 5.65 Å². The Labute approximate surface area is 201 Å². The lowest BCUT2D eigenvalue weighted by molar-refractivity contribution is -0.111. The third kappa shape index (κ3) is 5.56. The summed E-state index contributed by atoms with van der Waals surface area (Å²) in [6.45, 7) is 6.22. The third-order valence-electron chi connectivity index (χ3n) is 6.56. The summed E-state index contributed by atoms with van der Waals surface area (Å²) in [7, 11) is 4.33. The van der Waals surface area contributed by atoms with Crippen molar-refractivity contribution in [1.82, 2.24) is 19.5 Å². The van der Waals surface area contributed by atoms with Gasteiger partial charge in [0, 0.05) is 35.9 Å². The first-order valence-electron chi connectivity index (χ1n) is 12.0. The van der Waals surface area contributed by atoms with E-state index in [1.807, 2.05) is 41.0 Å². The second-order valence-corrected chi connectivity index (χ2v) is 9.15. The highest BCUT2D eigenvalue weighted by Crippen LogP contribution is 2.26. The minimum absolute atomic E-state index is 0.222. The number of carbonyl (C=O) groups excluding carboxylic acids is 1. The van der Waals surface area contributed by atoms with Crippen molar-refractivity contribution in [2.24, 2.45) is 0 Å². The standard InChI is InChI=1S/C26H35N7O/c1-5-19-17-28-33-24(27-16-18-8-7-9-21(14-18)30-25(34)6-2)15-23(31-26(19)33)29-20-10-12-22(13-11-20)32(3)4/h6-9,14-15,17,20,22,27H,2,5,10-13,16H2,1,3-4H3,(H,29,31)(H,30,34)/t20-,22-. The Kier molecular flexibility index (Phi) is 7.47. The van der Waals surface area contributed by atoms with Crippen molar-refractivity contribution in [2.45, 2.75) is 57.7 Å². The van der Waals surface area contributed by atoms with E-state index in [0.717, 1.165) is 53.4 Å². The molecule has 0 radical (unpaired) electrons. The summed E-state index contributed by atoms with van der Waals surface area (Å²) in [5.41, 5.74) is 3.79. The number of anilines is 3. The average Bonchev–Trinajstić information content (AvgIpc) is 3.26. The first-order valence-corrected chi connectivity index (χ1v) is 12.0. The molecule has 1 amide bonds. The monoisotopic (exact) mass is 461 g/mol. The van der Waals surface area contributed by atoms with Gasteiger partial charge in [-0.05, 0) is 70.0 Å². The maximum atomic E-state index is 11.6. The van der Waals surface area contributed by atoms with E-state index in [2.05, 4.69) is 53.5 Å². The Morgan fingerprint density at radius 3 is 2.74 bits per heavy atom. The van der Waals surface area contributed by atoms with E-state index < -0.39 is 0 Å². The second-order valence-electron chi connectivity index (χ2n) is 9.15. The van der Waals surface area contributed by atoms with Crippen molar-refractivity contribution in [2.75, 3.05) is 30.0 Å². The summed E-state index contributed by atoms with van der Waals surface area (Å²) in [5, 5.41) is 14.6. The number of hydrogen-bond donors (Lipinski definition) is 3. The average molecular weight is 462 g/mol. The van der Waals surface area contributed by atoms with Gasteiger partial charge in [-0.25, -0.2) is 4.98 Å². The van der Waals surface area contributed by atoms with Crippen LogP contribution in [0, 0.1) is 0 Å². The van der Waals surface area contributed by atoms with Crippen LogP contribution in [-0.2, 0) is 17.8 Å². The van der Waals surface area contributed by atoms with Crippen LogP contribution in [0.1, 0.15) is 43.7 Å². The van der Waals surface area contributed by atoms with Gasteiger partial charge in [0.05, 0.1) is 6.20 Å². The van der Waals surface area contributed by atoms with E-state index >= 15 is 0 Å². The lowest BCUT2D eigenvalue weighted by Crippen LogP contribution is -2.36. The zero-order valence-corrected chi connectivity index (χ0v) is 20.3. The molecule has 0 atom stereocenters. The van der Waals surface area contributed by atoms with Crippen LogP contribution in [0.25, 0.3) is 5.65 Å². The molecule has 1 aromatic carbocycles. The largest absolute Gasteiger partial charge is 0.367 e. The molecule has 1 saturated carbocycles. The highest BCUT2D eigenvalue weighted by atomic mass is 16.1. The maximum Gasteiger partial charge on any atom is 0.247 e. The van der Waals surface area contributed by atoms with Crippen LogP contribution < -0.4 is 16.0 Å². The predicted molar refractivity (Wildman–Crippen MR) is 138 cm³/mol. The fourth-order valence-electron chi connectivity index (χ4n) is 4.55. The van der Waals surface area contributed by atoms with Crippen LogP contribution >= 0.6 is 0 Å². The Morgan fingerprint density at radius 2 is 2.03 bits per heavy atom. The van der Waals surface area contributed by atoms with Gasteiger partial charge in [-0.15, -0.1) is 0 Å². The zero-order chi connectivity index (χ0) is 24.1. The van der Waals surface area contributed by atoms with Crippen molar-refractivity contribution < 1.29 is 4.79 Å². The molecule has 180 valence electrons. The highest BCUT2D eigenvalue weighted by molar-refractivity contribution is 5.98. The minimum Gasteiger partial charge on any atom is -0.367 e. The van der Waals surface area contributed by atoms with E-state index in [-0.39, 0.29) is 5.91 Å². The molecule has 0 aliphatic heterocycles. The van der Waals surface area contributed by atoms with Crippen LogP contribution in [0.4, 0.5) is 17.3 Å². The van der Waals surface area contributed by atoms with Crippen LogP contribution in [0.2, 0.25) is 0 Å². The lowest BCUT2D eigenvalue weighted by Gasteiger charge is -2.33. The smallest absolute Gasteiger partial charge is 0.247 e. The quantitative estimate of drug-likeness (QED) is 0.412. The molecule has 34 heavy (non-hydrogen) atoms. The SMILES string of the molecule is C=CC(=O)Nc1cccc(CNc2cc(N[C@H]3CC[C@H](N(C)C)CC3)nc3c(CC)cnn23)c1. The van der Waals surface area contributed by atoms with E-state index in [0.29, 0.717) is 18.6 Å². The van der Waals surface area contributed by atoms with Crippen LogP contribution in [-0.4, -0.2) is 51.6 Å². The first kappa shape index (κ1) is 23.8. The fourth-order valence-corrected chi connectivity index (χ4v) is 4.55. The molecule has 2 heterocycles. The Balaban J connectivity index is 1.52. The van der Waals surface area contributed by atoms with E-state index in [4.69, 9.17) is 4.98 Å². The summed E-state index contributed by atoms with van der Waals surface area (Å²) in [4.78, 5) is 18.9. The molecule has 0 bridgehead atoms. The molecule has 3 N–H and O–H groups in total. The van der Waals surface area contributed by atoms with Gasteiger partial charge in [-0.1, -0.05) is 25.6 Å². The van der Waals surface area contributed by atoms with Gasteiger partial charge in [0.1, 0.15) is 11.6 Å². The number of aromatic nitrogens is 3. The van der Waals surface area contributed by atoms with Gasteiger partial charge in [-0.3, -0.25) is 4.79 Å². The number of nitrogens with one attached hydrogen (secondary N) is 3. The van der Waals surface area contributed by atoms with Crippen molar-refractivity contribution in [3.63, 3.8) is 0 Å². The second kappa shape index (κ2) is 10.7. The number of aryl methyl sites for hydroxylation is 1. The molecule has 2 aromatic heterocycles. The number of benzene rings is 1. The van der Waals surface area contributed by atoms with E-state index in [1.165, 1.54) is 18.9 Å². The van der Waals surface area contributed by atoms with Gasteiger partial charge in [-0.2, -0.15) is 9.61 Å². The Hall–Kier alpha value is -3.39. The number of hydrogen-bond acceptors (Lipinski definition) is 6. The molecule has 8 nitrogen and oxygen atoms in total. The predicted octanol–water partition coefficient (Wildman–Crippen LogP) is 4.31. The molecule has 1 aliphatic rings. The van der Waals surface area contributed by atoms with Crippen molar-refractivity contribution >= 4 is 28.9 Å². The molecule has 1 aliphatic carbocycles. The van der Waals surface area contributed by atoms with E-state index in [1.54, 1.807) is 0 Å². The van der Waals surface area contributed by atoms with Crippen LogP contribution in [0.5, 0.6) is 0 Å². The van der Waals surface area contributed by atoms with Crippen LogP contribution in [0.3, 0.4) is 0 Å². The summed E-state index contributed by atoms with van der Waals surface area (Å²) in [5.74, 6) is 1.54. The van der Waals surface area contributed by atoms with Crippen LogP contribution in [0.15, 0.2) is 49.2 Å². The van der Waals surface area contributed by atoms with Crippen molar-refractivity contribution in [1.29, 1.82) is 0 Å². The molecule has 4 rings (SSSR count). The number of nitrogens with zero attached hydrogens (tertiary/aromatic N) is 4. The maximum absolute atomic E-state index is 11.6. The highest BCUT2D eigenvalue weighted by Gasteiger charge is 2.23. The fraction of sp³-hybridized carbons (Fsp3) is 0.423.